The van der Waals surface area contributed by atoms with Gasteiger partial charge in [0.2, 0.25) is 9.84 Å². The second-order valence-electron chi connectivity index (χ2n) is 6.64. The first-order valence-corrected chi connectivity index (χ1v) is 11.2. The molecule has 0 radical (unpaired) electrons. The van der Waals surface area contributed by atoms with E-state index in [1.54, 1.807) is 48.5 Å². The fourth-order valence-electron chi connectivity index (χ4n) is 3.07. The van der Waals surface area contributed by atoms with Crippen molar-refractivity contribution in [2.45, 2.75) is 22.3 Å². The third-order valence-corrected chi connectivity index (χ3v) is 6.65. The number of rotatable bonds is 5. The minimum Gasteiger partial charge on any atom is -0.453 e. The Hall–Kier alpha value is -3.30. The van der Waals surface area contributed by atoms with Crippen molar-refractivity contribution >= 4 is 39.0 Å². The van der Waals surface area contributed by atoms with Crippen molar-refractivity contribution in [1.82, 2.24) is 10.6 Å². The molecule has 3 N–H and O–H groups in total. The van der Waals surface area contributed by atoms with Crippen LogP contribution in [0.1, 0.15) is 18.0 Å². The number of thiocarbonyl (C=S) groups is 1. The number of amides is 1. The Bertz CT molecular complexity index is 1160. The standard InChI is InChI=1S/C22H21N3O4S2/c1-29-22(26)25-21(30)24-20(18-9-5-6-10-19(18)23)15-11-13-17(14-12-15)31(27,28)16-7-3-2-4-8-16/h2-9,11-14,20,23H,10H2,1H3,(H2,24,25,26,30). The highest BCUT2D eigenvalue weighted by atomic mass is 32.2. The molecule has 1 amide bonds. The molecule has 3 rings (SSSR count). The van der Waals surface area contributed by atoms with Crippen molar-refractivity contribution < 1.29 is 17.9 Å². The second kappa shape index (κ2) is 9.67. The summed E-state index contributed by atoms with van der Waals surface area (Å²) in [7, 11) is -2.42. The zero-order chi connectivity index (χ0) is 22.4. The summed E-state index contributed by atoms with van der Waals surface area (Å²) in [5.41, 5.74) is 1.74. The van der Waals surface area contributed by atoms with Gasteiger partial charge in [-0.1, -0.05) is 48.6 Å². The van der Waals surface area contributed by atoms with E-state index >= 15 is 0 Å². The quantitative estimate of drug-likeness (QED) is 0.594. The number of hydrogen-bond donors (Lipinski definition) is 3. The van der Waals surface area contributed by atoms with E-state index in [4.69, 9.17) is 17.6 Å². The Morgan fingerprint density at radius 3 is 2.35 bits per heavy atom. The van der Waals surface area contributed by atoms with E-state index in [-0.39, 0.29) is 14.9 Å². The molecular formula is C22H21N3O4S2. The molecule has 0 aliphatic heterocycles. The summed E-state index contributed by atoms with van der Waals surface area (Å²) in [6.45, 7) is 0. The van der Waals surface area contributed by atoms with Gasteiger partial charge in [0.05, 0.1) is 22.9 Å². The summed E-state index contributed by atoms with van der Waals surface area (Å²) in [5, 5.41) is 13.7. The minimum absolute atomic E-state index is 0.0288. The van der Waals surface area contributed by atoms with E-state index in [1.807, 2.05) is 12.2 Å². The maximum Gasteiger partial charge on any atom is 0.413 e. The molecule has 0 saturated carbocycles. The van der Waals surface area contributed by atoms with Crippen LogP contribution in [0.4, 0.5) is 4.79 Å². The smallest absolute Gasteiger partial charge is 0.413 e. The number of carbonyl (C=O) groups is 1. The number of carbonyl (C=O) groups excluding carboxylic acids is 1. The number of benzene rings is 2. The third-order valence-electron chi connectivity index (χ3n) is 4.65. The first-order chi connectivity index (χ1) is 14.8. The summed E-state index contributed by atoms with van der Waals surface area (Å²) in [4.78, 5) is 11.8. The average Bonchev–Trinajstić information content (AvgIpc) is 2.78. The maximum atomic E-state index is 12.8. The minimum atomic E-state index is -3.65. The summed E-state index contributed by atoms with van der Waals surface area (Å²) in [6, 6.07) is 14.0. The number of alkyl carbamates (subject to hydrolysis) is 1. The number of allylic oxidation sites excluding steroid dienone is 3. The van der Waals surface area contributed by atoms with Crippen LogP contribution in [0.15, 0.2) is 88.2 Å². The number of ether oxygens (including phenoxy) is 1. The molecule has 0 aromatic heterocycles. The molecule has 0 saturated heterocycles. The molecule has 2 aromatic carbocycles. The van der Waals surface area contributed by atoms with Crippen LogP contribution in [0.2, 0.25) is 0 Å². The van der Waals surface area contributed by atoms with Crippen molar-refractivity contribution in [1.29, 1.82) is 5.41 Å². The molecule has 0 bridgehead atoms. The molecule has 0 heterocycles. The molecular weight excluding hydrogens is 434 g/mol. The Kier molecular flexibility index (Phi) is 6.98. The van der Waals surface area contributed by atoms with Crippen LogP contribution in [0.5, 0.6) is 0 Å². The van der Waals surface area contributed by atoms with Crippen molar-refractivity contribution in [3.05, 3.63) is 84.0 Å². The molecule has 9 heteroatoms. The number of nitrogens with one attached hydrogen (secondary N) is 3. The van der Waals surface area contributed by atoms with Gasteiger partial charge < -0.3 is 15.5 Å². The van der Waals surface area contributed by atoms with Gasteiger partial charge in [0.1, 0.15) is 0 Å². The van der Waals surface area contributed by atoms with E-state index in [2.05, 4.69) is 15.4 Å². The van der Waals surface area contributed by atoms with Gasteiger partial charge in [-0.05, 0) is 47.6 Å². The molecule has 31 heavy (non-hydrogen) atoms. The van der Waals surface area contributed by atoms with Crippen LogP contribution < -0.4 is 10.6 Å². The largest absolute Gasteiger partial charge is 0.453 e. The lowest BCUT2D eigenvalue weighted by molar-refractivity contribution is 0.176. The molecule has 7 nitrogen and oxygen atoms in total. The molecule has 1 unspecified atom stereocenters. The van der Waals surface area contributed by atoms with E-state index in [0.717, 1.165) is 0 Å². The highest BCUT2D eigenvalue weighted by molar-refractivity contribution is 7.91. The number of sulfone groups is 1. The van der Waals surface area contributed by atoms with Gasteiger partial charge in [-0.2, -0.15) is 0 Å². The third kappa shape index (κ3) is 5.25. The topological polar surface area (TPSA) is 108 Å². The predicted molar refractivity (Wildman–Crippen MR) is 122 cm³/mol. The Morgan fingerprint density at radius 2 is 1.74 bits per heavy atom. The summed E-state index contributed by atoms with van der Waals surface area (Å²) < 4.78 is 30.3. The molecule has 2 aromatic rings. The van der Waals surface area contributed by atoms with Crippen molar-refractivity contribution in [3.8, 4) is 0 Å². The number of hydrogen-bond acceptors (Lipinski definition) is 6. The maximum absolute atomic E-state index is 12.8. The summed E-state index contributed by atoms with van der Waals surface area (Å²) in [5.74, 6) is 0. The lowest BCUT2D eigenvalue weighted by Crippen LogP contribution is -2.42. The van der Waals surface area contributed by atoms with Gasteiger partial charge in [-0.25, -0.2) is 13.2 Å². The molecule has 0 fully saturated rings. The second-order valence-corrected chi connectivity index (χ2v) is 9.00. The van der Waals surface area contributed by atoms with Gasteiger partial charge in [-0.15, -0.1) is 0 Å². The van der Waals surface area contributed by atoms with Crippen LogP contribution in [-0.2, 0) is 14.6 Å². The predicted octanol–water partition coefficient (Wildman–Crippen LogP) is 3.70. The number of methoxy groups -OCH3 is 1. The Balaban J connectivity index is 1.93. The first kappa shape index (κ1) is 22.4. The van der Waals surface area contributed by atoms with Crippen molar-refractivity contribution in [2.24, 2.45) is 0 Å². The van der Waals surface area contributed by atoms with E-state index in [0.29, 0.717) is 23.3 Å². The monoisotopic (exact) mass is 455 g/mol. The van der Waals surface area contributed by atoms with Crippen LogP contribution in [0, 0.1) is 5.41 Å². The van der Waals surface area contributed by atoms with Crippen LogP contribution >= 0.6 is 12.2 Å². The Morgan fingerprint density at radius 1 is 1.10 bits per heavy atom. The molecule has 1 aliphatic rings. The molecule has 1 aliphatic carbocycles. The fourth-order valence-corrected chi connectivity index (χ4v) is 4.56. The lowest BCUT2D eigenvalue weighted by Gasteiger charge is -2.25. The van der Waals surface area contributed by atoms with Crippen molar-refractivity contribution in [3.63, 3.8) is 0 Å². The van der Waals surface area contributed by atoms with Crippen LogP contribution in [-0.4, -0.2) is 32.4 Å². The highest BCUT2D eigenvalue weighted by Crippen LogP contribution is 2.28. The van der Waals surface area contributed by atoms with Crippen LogP contribution in [0.3, 0.4) is 0 Å². The van der Waals surface area contributed by atoms with Gasteiger partial charge in [0, 0.05) is 12.1 Å². The molecule has 160 valence electrons. The molecule has 1 atom stereocenters. The normalized spacial score (nSPS) is 14.4. The van der Waals surface area contributed by atoms with Crippen LogP contribution in [0.25, 0.3) is 0 Å². The summed E-state index contributed by atoms with van der Waals surface area (Å²) in [6.07, 6.45) is 5.24. The molecule has 0 spiro atoms. The highest BCUT2D eigenvalue weighted by Gasteiger charge is 2.24. The van der Waals surface area contributed by atoms with Gasteiger partial charge in [0.15, 0.2) is 5.11 Å². The zero-order valence-corrected chi connectivity index (χ0v) is 18.3. The fraction of sp³-hybridized carbons (Fsp3) is 0.136. The summed E-state index contributed by atoms with van der Waals surface area (Å²) >= 11 is 5.20. The van der Waals surface area contributed by atoms with E-state index in [9.17, 15) is 13.2 Å². The van der Waals surface area contributed by atoms with Gasteiger partial charge >= 0.3 is 6.09 Å². The average molecular weight is 456 g/mol. The zero-order valence-electron chi connectivity index (χ0n) is 16.7. The Labute approximate surface area is 186 Å². The first-order valence-electron chi connectivity index (χ1n) is 9.33. The van der Waals surface area contributed by atoms with Gasteiger partial charge in [0.25, 0.3) is 0 Å². The van der Waals surface area contributed by atoms with Gasteiger partial charge in [-0.3, -0.25) is 5.32 Å². The SMILES string of the molecule is COC(=O)NC(=S)NC(C1=CC=CCC1=N)c1ccc(S(=O)(=O)c2ccccc2)cc1. The van der Waals surface area contributed by atoms with E-state index < -0.39 is 22.0 Å². The lowest BCUT2D eigenvalue weighted by atomic mass is 9.91. The van der Waals surface area contributed by atoms with Crippen molar-refractivity contribution in [2.75, 3.05) is 7.11 Å². The van der Waals surface area contributed by atoms with E-state index in [1.165, 1.54) is 19.2 Å².